The summed E-state index contributed by atoms with van der Waals surface area (Å²) in [5.74, 6) is -1.81. The smallest absolute Gasteiger partial charge is 0.303 e. The molecule has 5 rings (SSSR count). The average molecular weight is 790 g/mol. The summed E-state index contributed by atoms with van der Waals surface area (Å²) < 4.78 is 25.8. The summed E-state index contributed by atoms with van der Waals surface area (Å²) in [4.78, 5) is 56.8. The Labute approximate surface area is 327 Å². The lowest BCUT2D eigenvalue weighted by atomic mass is 9.76. The van der Waals surface area contributed by atoms with E-state index in [1.807, 2.05) is 18.2 Å². The van der Waals surface area contributed by atoms with Gasteiger partial charge in [-0.25, -0.2) is 13.1 Å². The van der Waals surface area contributed by atoms with Gasteiger partial charge < -0.3 is 15.3 Å². The first-order chi connectivity index (χ1) is 26.0. The summed E-state index contributed by atoms with van der Waals surface area (Å²) in [6.07, 6.45) is 8.12. The van der Waals surface area contributed by atoms with Gasteiger partial charge in [-0.05, 0) is 79.0 Å². The van der Waals surface area contributed by atoms with Gasteiger partial charge in [-0.2, -0.15) is 5.10 Å². The molecule has 0 radical (unpaired) electrons. The van der Waals surface area contributed by atoms with Crippen LogP contribution in [-0.2, 0) is 38.8 Å². The molecular weight excluding hydrogens is 739 g/mol. The van der Waals surface area contributed by atoms with E-state index < -0.39 is 15.8 Å². The number of thiophene rings is 1. The number of carbonyl (C=O) groups is 4. The number of likely N-dealkylation sites (N-methyl/N-ethyl adjacent to an activating group) is 1. The lowest BCUT2D eigenvalue weighted by Gasteiger charge is -2.32. The van der Waals surface area contributed by atoms with Crippen LogP contribution >= 0.6 is 11.3 Å². The number of nitrogens with one attached hydrogen (secondary N) is 1. The van der Waals surface area contributed by atoms with Gasteiger partial charge in [0, 0.05) is 62.0 Å². The van der Waals surface area contributed by atoms with Crippen LogP contribution in [-0.4, -0.2) is 89.1 Å². The zero-order valence-electron chi connectivity index (χ0n) is 32.4. The predicted molar refractivity (Wildman–Crippen MR) is 214 cm³/mol. The molecule has 0 atom stereocenters. The molecule has 2 aromatic heterocycles. The Hall–Kier alpha value is -4.66. The maximum Gasteiger partial charge on any atom is 0.303 e. The van der Waals surface area contributed by atoms with Crippen molar-refractivity contribution in [2.75, 3.05) is 31.7 Å². The number of ketones is 1. The van der Waals surface area contributed by atoms with Crippen LogP contribution in [0, 0.1) is 5.41 Å². The minimum Gasteiger partial charge on any atom is -0.481 e. The quantitative estimate of drug-likeness (QED) is 0.112. The second-order valence-corrected chi connectivity index (χ2v) is 18.2. The first-order valence-electron chi connectivity index (χ1n) is 18.6. The van der Waals surface area contributed by atoms with Gasteiger partial charge in [-0.1, -0.05) is 45.9 Å². The summed E-state index contributed by atoms with van der Waals surface area (Å²) in [5.41, 5.74) is 3.66. The number of carboxylic acids is 1. The zero-order chi connectivity index (χ0) is 40.1. The van der Waals surface area contributed by atoms with Crippen molar-refractivity contribution in [3.63, 3.8) is 0 Å². The van der Waals surface area contributed by atoms with Gasteiger partial charge in [0.05, 0.1) is 34.3 Å². The number of rotatable bonds is 17. The lowest BCUT2D eigenvalue weighted by Crippen LogP contribution is -2.41. The number of aliphatic carboxylic acids is 1. The molecule has 2 heterocycles. The van der Waals surface area contributed by atoms with Crippen molar-refractivity contribution in [3.05, 3.63) is 93.6 Å². The van der Waals surface area contributed by atoms with E-state index in [2.05, 4.69) is 43.0 Å². The fraction of sp³-hybridized carbons (Fsp3) is 0.439. The molecule has 0 fully saturated rings. The number of fused-ring (bicyclic) bond motifs is 1. The largest absolute Gasteiger partial charge is 0.481 e. The molecule has 14 heteroatoms. The number of amides is 2. The van der Waals surface area contributed by atoms with E-state index in [0.29, 0.717) is 53.4 Å². The number of hydrogen-bond acceptors (Lipinski definition) is 9. The number of benzene rings is 2. The molecule has 0 saturated carbocycles. The van der Waals surface area contributed by atoms with Gasteiger partial charge >= 0.3 is 5.97 Å². The Kier molecular flexibility index (Phi) is 13.1. The van der Waals surface area contributed by atoms with Gasteiger partial charge in [0.15, 0.2) is 15.6 Å². The number of aromatic nitrogens is 2. The first-order valence-corrected chi connectivity index (χ1v) is 21.3. The Morgan fingerprint density at radius 1 is 1.02 bits per heavy atom. The molecule has 0 aliphatic heterocycles. The Balaban J connectivity index is 1.38. The van der Waals surface area contributed by atoms with Crippen LogP contribution in [0.25, 0.3) is 5.69 Å². The number of sulfone groups is 1. The first kappa shape index (κ1) is 41.5. The number of hydrogen-bond donors (Lipinski definition) is 2. The van der Waals surface area contributed by atoms with Crippen LogP contribution in [0.15, 0.2) is 65.8 Å². The van der Waals surface area contributed by atoms with Crippen molar-refractivity contribution in [3.8, 4) is 5.69 Å². The molecule has 1 aliphatic carbocycles. The number of carbonyl (C=O) groups excluding carboxylic acids is 3. The van der Waals surface area contributed by atoms with Crippen molar-refractivity contribution in [1.29, 1.82) is 0 Å². The molecule has 2 N–H and O–H groups in total. The average Bonchev–Trinajstić information content (AvgIpc) is 3.77. The highest BCUT2D eigenvalue weighted by Crippen LogP contribution is 2.44. The molecule has 2 amide bonds. The van der Waals surface area contributed by atoms with Gasteiger partial charge in [0.25, 0.3) is 5.91 Å². The molecule has 294 valence electrons. The summed E-state index contributed by atoms with van der Waals surface area (Å²) in [6, 6.07) is 14.0. The highest BCUT2D eigenvalue weighted by Gasteiger charge is 2.34. The minimum atomic E-state index is -3.44. The van der Waals surface area contributed by atoms with Crippen LogP contribution < -0.4 is 5.32 Å². The number of anilines is 1. The third-order valence-corrected chi connectivity index (χ3v) is 12.6. The number of nitrogens with zero attached hydrogens (tertiary/aromatic N) is 4. The molecule has 12 nitrogen and oxygen atoms in total. The second-order valence-electron chi connectivity index (χ2n) is 15.1. The molecular formula is C41H51N5O7S2. The van der Waals surface area contributed by atoms with Gasteiger partial charge in [0.2, 0.25) is 5.91 Å². The molecule has 0 saturated heterocycles. The molecule has 2 aromatic carbocycles. The van der Waals surface area contributed by atoms with Crippen LogP contribution in [0.4, 0.5) is 5.00 Å². The monoisotopic (exact) mass is 789 g/mol. The third kappa shape index (κ3) is 10.4. The zero-order valence-corrected chi connectivity index (χ0v) is 34.1. The lowest BCUT2D eigenvalue weighted by molar-refractivity contribution is -0.140. The van der Waals surface area contributed by atoms with Crippen LogP contribution in [0.1, 0.15) is 102 Å². The van der Waals surface area contributed by atoms with E-state index in [-0.39, 0.29) is 46.8 Å². The topological polar surface area (TPSA) is 159 Å². The van der Waals surface area contributed by atoms with Crippen LogP contribution in [0.2, 0.25) is 0 Å². The fourth-order valence-electron chi connectivity index (χ4n) is 7.04. The summed E-state index contributed by atoms with van der Waals surface area (Å²) in [5, 5.41) is 16.9. The molecule has 0 spiro atoms. The van der Waals surface area contributed by atoms with E-state index in [9.17, 15) is 27.6 Å². The predicted octanol–water partition coefficient (Wildman–Crippen LogP) is 6.65. The SMILES string of the molecule is CCC(CC)N(CCN(C)C(=O)CCC(=O)O)Cc1cccc(C(=O)Nc2sc3c(c2C(=O)c2cnn(-c4cccc(S(C)(=O)=O)c4)c2)CCC(C)(C)C3)c1. The van der Waals surface area contributed by atoms with Crippen molar-refractivity contribution in [1.82, 2.24) is 19.6 Å². The molecule has 55 heavy (non-hydrogen) atoms. The summed E-state index contributed by atoms with van der Waals surface area (Å²) in [6.45, 7) is 10.2. The fourth-order valence-corrected chi connectivity index (χ4v) is 9.20. The van der Waals surface area contributed by atoms with Crippen LogP contribution in [0.5, 0.6) is 0 Å². The highest BCUT2D eigenvalue weighted by molar-refractivity contribution is 7.90. The van der Waals surface area contributed by atoms with Crippen molar-refractivity contribution in [2.45, 2.75) is 90.1 Å². The van der Waals surface area contributed by atoms with E-state index >= 15 is 0 Å². The molecule has 1 aliphatic rings. The third-order valence-electron chi connectivity index (χ3n) is 10.3. The summed E-state index contributed by atoms with van der Waals surface area (Å²) in [7, 11) is -1.76. The van der Waals surface area contributed by atoms with Gasteiger partial charge in [-0.3, -0.25) is 24.1 Å². The maximum absolute atomic E-state index is 14.3. The molecule has 4 aromatic rings. The molecule has 0 unspecified atom stereocenters. The summed E-state index contributed by atoms with van der Waals surface area (Å²) >= 11 is 1.44. The Bertz CT molecular complexity index is 2170. The van der Waals surface area contributed by atoms with E-state index in [4.69, 9.17) is 5.11 Å². The molecule has 0 bridgehead atoms. The maximum atomic E-state index is 14.3. The van der Waals surface area contributed by atoms with Crippen molar-refractivity contribution in [2.24, 2.45) is 5.41 Å². The normalized spacial score (nSPS) is 13.8. The highest BCUT2D eigenvalue weighted by atomic mass is 32.2. The van der Waals surface area contributed by atoms with Crippen LogP contribution in [0.3, 0.4) is 0 Å². The van der Waals surface area contributed by atoms with E-state index in [0.717, 1.165) is 47.9 Å². The standard InChI is InChI=1S/C41H51N5O7S2/c1-7-30(8-2)45(20-19-44(5)35(47)15-16-36(48)49)25-27-11-9-12-28(21-27)39(51)43-40-37(33-17-18-41(3,4)23-34(33)54-40)38(50)29-24-42-46(26-29)31-13-10-14-32(22-31)55(6,52)53/h9-14,21-22,24,26,30H,7-8,15-20,23,25H2,1-6H3,(H,43,51)(H,48,49). The minimum absolute atomic E-state index is 0.0440. The van der Waals surface area contributed by atoms with E-state index in [1.54, 1.807) is 36.3 Å². The Morgan fingerprint density at radius 3 is 2.44 bits per heavy atom. The van der Waals surface area contributed by atoms with Crippen molar-refractivity contribution >= 4 is 49.7 Å². The van der Waals surface area contributed by atoms with Gasteiger partial charge in [-0.15, -0.1) is 11.3 Å². The number of carboxylic acid groups (broad SMARTS) is 1. The van der Waals surface area contributed by atoms with E-state index in [1.165, 1.54) is 34.3 Å². The second kappa shape index (κ2) is 17.4. The van der Waals surface area contributed by atoms with Gasteiger partial charge in [0.1, 0.15) is 5.00 Å². The van der Waals surface area contributed by atoms with Crippen molar-refractivity contribution < 1.29 is 32.7 Å². The Morgan fingerprint density at radius 2 is 1.75 bits per heavy atom.